The van der Waals surface area contributed by atoms with Crippen LogP contribution >= 0.6 is 0 Å². The van der Waals surface area contributed by atoms with Gasteiger partial charge in [-0.1, -0.05) is 0 Å². The first-order valence-corrected chi connectivity index (χ1v) is 5.24. The summed E-state index contributed by atoms with van der Waals surface area (Å²) < 4.78 is 4.96. The molecule has 0 saturated heterocycles. The van der Waals surface area contributed by atoms with Crippen molar-refractivity contribution in [2.75, 3.05) is 0 Å². The molecule has 3 nitrogen and oxygen atoms in total. The SMILES string of the molecule is CC(C)(C)OC(=O)/C=C\[Se]C#N. The third-order valence-electron chi connectivity index (χ3n) is 0.732. The van der Waals surface area contributed by atoms with Crippen LogP contribution in [0.3, 0.4) is 0 Å². The molecule has 0 saturated carbocycles. The Morgan fingerprint density at radius 2 is 2.17 bits per heavy atom. The third kappa shape index (κ3) is 7.33. The first-order valence-electron chi connectivity index (χ1n) is 3.40. The molecule has 0 rings (SSSR count). The van der Waals surface area contributed by atoms with E-state index >= 15 is 0 Å². The summed E-state index contributed by atoms with van der Waals surface area (Å²) in [5.74, 6) is -0.389. The van der Waals surface area contributed by atoms with Crippen molar-refractivity contribution < 1.29 is 9.53 Å². The van der Waals surface area contributed by atoms with E-state index in [1.54, 1.807) is 25.7 Å². The van der Waals surface area contributed by atoms with E-state index in [0.29, 0.717) is 0 Å². The number of hydrogen-bond acceptors (Lipinski definition) is 3. The predicted molar refractivity (Wildman–Crippen MR) is 46.4 cm³/mol. The van der Waals surface area contributed by atoms with Gasteiger partial charge in [0, 0.05) is 0 Å². The first-order chi connectivity index (χ1) is 5.45. The first kappa shape index (κ1) is 11.2. The van der Waals surface area contributed by atoms with Crippen LogP contribution in [0.5, 0.6) is 0 Å². The van der Waals surface area contributed by atoms with Crippen LogP contribution in [0.1, 0.15) is 20.8 Å². The van der Waals surface area contributed by atoms with Gasteiger partial charge in [-0.05, 0) is 0 Å². The van der Waals surface area contributed by atoms with E-state index in [9.17, 15) is 4.79 Å². The molecule has 0 heterocycles. The van der Waals surface area contributed by atoms with Gasteiger partial charge in [0.15, 0.2) is 0 Å². The summed E-state index contributed by atoms with van der Waals surface area (Å²) in [6.45, 7) is 5.40. The molecule has 4 heteroatoms. The standard InChI is InChI=1S/C8H11NO2Se/c1-8(2,3)11-7(10)4-5-12-6-9/h4-5H,1-3H3/b5-4-. The molecule has 0 fully saturated rings. The van der Waals surface area contributed by atoms with Crippen LogP contribution in [0, 0.1) is 10.2 Å². The van der Waals surface area contributed by atoms with Gasteiger partial charge in [-0.15, -0.1) is 0 Å². The van der Waals surface area contributed by atoms with Crippen molar-refractivity contribution in [3.63, 3.8) is 0 Å². The van der Waals surface area contributed by atoms with E-state index in [0.717, 1.165) is 0 Å². The van der Waals surface area contributed by atoms with Crippen molar-refractivity contribution >= 4 is 20.9 Å². The summed E-state index contributed by atoms with van der Waals surface area (Å²) in [5, 5.41) is 8.19. The summed E-state index contributed by atoms with van der Waals surface area (Å²) in [6.07, 6.45) is 1.30. The fourth-order valence-corrected chi connectivity index (χ4v) is 0.959. The van der Waals surface area contributed by atoms with Gasteiger partial charge in [0.25, 0.3) is 0 Å². The van der Waals surface area contributed by atoms with Crippen molar-refractivity contribution in [3.8, 4) is 4.97 Å². The van der Waals surface area contributed by atoms with Crippen LogP contribution in [-0.2, 0) is 9.53 Å². The molecule has 0 unspecified atom stereocenters. The maximum atomic E-state index is 10.9. The second kappa shape index (κ2) is 4.97. The summed E-state index contributed by atoms with van der Waals surface area (Å²) >= 11 is -0.253. The molecule has 0 radical (unpaired) electrons. The number of nitriles is 1. The average Bonchev–Trinajstić information content (AvgIpc) is 1.84. The molecular formula is C8H11NO2Se. The quantitative estimate of drug-likeness (QED) is 0.406. The third-order valence-corrected chi connectivity index (χ3v) is 1.52. The van der Waals surface area contributed by atoms with Gasteiger partial charge in [-0.25, -0.2) is 0 Å². The summed E-state index contributed by atoms with van der Waals surface area (Å²) in [4.78, 5) is 14.4. The van der Waals surface area contributed by atoms with Gasteiger partial charge in [0.05, 0.1) is 0 Å². The minimum atomic E-state index is -0.457. The number of rotatable bonds is 2. The van der Waals surface area contributed by atoms with Crippen LogP contribution in [0.15, 0.2) is 11.1 Å². The van der Waals surface area contributed by atoms with E-state index in [-0.39, 0.29) is 20.9 Å². The fraction of sp³-hybridized carbons (Fsp3) is 0.500. The van der Waals surface area contributed by atoms with Crippen LogP contribution < -0.4 is 0 Å². The zero-order valence-corrected chi connectivity index (χ0v) is 9.04. The second-order valence-corrected chi connectivity index (χ2v) is 4.49. The molecule has 0 atom stereocenters. The zero-order valence-electron chi connectivity index (χ0n) is 7.33. The fourth-order valence-electron chi connectivity index (χ4n) is 0.456. The summed E-state index contributed by atoms with van der Waals surface area (Å²) in [7, 11) is 0. The molecule has 0 aliphatic heterocycles. The van der Waals surface area contributed by atoms with Crippen LogP contribution in [0.4, 0.5) is 0 Å². The maximum absolute atomic E-state index is 10.9. The number of hydrogen-bond donors (Lipinski definition) is 0. The zero-order chi connectivity index (χ0) is 9.61. The number of nitrogens with zero attached hydrogens (tertiary/aromatic N) is 1. The number of carbonyl (C=O) groups excluding carboxylic acids is 1. The predicted octanol–water partition coefficient (Wildman–Crippen LogP) is 1.03. The Morgan fingerprint density at radius 3 is 2.58 bits per heavy atom. The van der Waals surface area contributed by atoms with E-state index in [2.05, 4.69) is 0 Å². The second-order valence-electron chi connectivity index (χ2n) is 3.05. The Kier molecular flexibility index (Phi) is 4.65. The van der Waals surface area contributed by atoms with E-state index in [1.807, 2.05) is 4.97 Å². The molecule has 0 aromatic carbocycles. The van der Waals surface area contributed by atoms with Crippen molar-refractivity contribution in [1.82, 2.24) is 0 Å². The number of esters is 1. The molecule has 12 heavy (non-hydrogen) atoms. The normalized spacial score (nSPS) is 11.2. The molecule has 0 amide bonds. The van der Waals surface area contributed by atoms with Crippen molar-refractivity contribution in [1.29, 1.82) is 5.26 Å². The van der Waals surface area contributed by atoms with Gasteiger partial charge in [0.1, 0.15) is 0 Å². The van der Waals surface area contributed by atoms with E-state index < -0.39 is 5.60 Å². The molecule has 0 N–H and O–H groups in total. The molecule has 0 aliphatic carbocycles. The van der Waals surface area contributed by atoms with Gasteiger partial charge >= 0.3 is 78.1 Å². The number of carbonyl (C=O) groups is 1. The monoisotopic (exact) mass is 233 g/mol. The molecular weight excluding hydrogens is 221 g/mol. The molecule has 0 aromatic heterocycles. The molecule has 0 bridgehead atoms. The van der Waals surface area contributed by atoms with Crippen molar-refractivity contribution in [3.05, 3.63) is 11.1 Å². The molecule has 66 valence electrons. The Hall–Kier alpha value is -0.781. The molecule has 0 aliphatic rings. The topological polar surface area (TPSA) is 50.1 Å². The Balaban J connectivity index is 3.84. The minimum absolute atomic E-state index is 0.253. The van der Waals surface area contributed by atoms with E-state index in [4.69, 9.17) is 10.00 Å². The Labute approximate surface area is 78.6 Å². The van der Waals surface area contributed by atoms with Gasteiger partial charge < -0.3 is 0 Å². The van der Waals surface area contributed by atoms with Crippen LogP contribution in [0.2, 0.25) is 0 Å². The Bertz CT molecular complexity index is 222. The van der Waals surface area contributed by atoms with E-state index in [1.165, 1.54) is 6.08 Å². The van der Waals surface area contributed by atoms with Gasteiger partial charge in [-0.3, -0.25) is 0 Å². The van der Waals surface area contributed by atoms with Crippen molar-refractivity contribution in [2.45, 2.75) is 26.4 Å². The molecule has 0 spiro atoms. The average molecular weight is 232 g/mol. The Morgan fingerprint density at radius 1 is 1.58 bits per heavy atom. The number of ether oxygens (including phenoxy) is 1. The summed E-state index contributed by atoms with van der Waals surface area (Å²) in [6, 6.07) is 0. The van der Waals surface area contributed by atoms with Crippen LogP contribution in [-0.4, -0.2) is 26.5 Å². The van der Waals surface area contributed by atoms with Crippen LogP contribution in [0.25, 0.3) is 0 Å². The molecule has 0 aromatic rings. The van der Waals surface area contributed by atoms with Gasteiger partial charge in [-0.2, -0.15) is 0 Å². The summed E-state index contributed by atoms with van der Waals surface area (Å²) in [5.41, 5.74) is -0.457. The van der Waals surface area contributed by atoms with Crippen molar-refractivity contribution in [2.24, 2.45) is 0 Å². The van der Waals surface area contributed by atoms with Gasteiger partial charge in [0.2, 0.25) is 0 Å².